The van der Waals surface area contributed by atoms with Crippen molar-refractivity contribution >= 4 is 31.9 Å². The van der Waals surface area contributed by atoms with Crippen LogP contribution in [0.2, 0.25) is 0 Å². The Labute approximate surface area is 131 Å². The van der Waals surface area contributed by atoms with E-state index in [2.05, 4.69) is 20.7 Å². The minimum Gasteiger partial charge on any atom is -0.478 e. The monoisotopic (exact) mass is 377 g/mol. The van der Waals surface area contributed by atoms with Crippen LogP contribution in [0, 0.1) is 0 Å². The summed E-state index contributed by atoms with van der Waals surface area (Å²) in [4.78, 5) is 11.0. The van der Waals surface area contributed by atoms with Gasteiger partial charge in [0.15, 0.2) is 0 Å². The molecule has 1 saturated heterocycles. The second kappa shape index (κ2) is 5.68. The maximum atomic E-state index is 12.5. The third kappa shape index (κ3) is 3.28. The van der Waals surface area contributed by atoms with Gasteiger partial charge in [0.1, 0.15) is 0 Å². The number of hydrogen-bond donors (Lipinski definition) is 2. The van der Waals surface area contributed by atoms with Crippen molar-refractivity contribution in [3.63, 3.8) is 0 Å². The number of hydrogen-bond acceptors (Lipinski definition) is 4. The molecule has 0 radical (unpaired) electrons. The molecule has 0 bridgehead atoms. The number of halogens is 1. The molecule has 21 heavy (non-hydrogen) atoms. The molecule has 0 aromatic heterocycles. The van der Waals surface area contributed by atoms with Gasteiger partial charge in [-0.2, -0.15) is 0 Å². The summed E-state index contributed by atoms with van der Waals surface area (Å²) in [5.74, 6) is -1.19. The molecule has 2 rings (SSSR count). The average molecular weight is 378 g/mol. The van der Waals surface area contributed by atoms with Crippen LogP contribution in [0.3, 0.4) is 0 Å². The van der Waals surface area contributed by atoms with Gasteiger partial charge in [-0.1, -0.05) is 0 Å². The molecule has 1 aromatic rings. The molecular formula is C13H16BrNO5S. The first-order valence-corrected chi connectivity index (χ1v) is 8.62. The Kier molecular flexibility index (Phi) is 4.44. The maximum Gasteiger partial charge on any atom is 0.336 e. The molecule has 0 aliphatic carbocycles. The van der Waals surface area contributed by atoms with Gasteiger partial charge in [0, 0.05) is 11.1 Å². The lowest BCUT2D eigenvalue weighted by Gasteiger charge is -2.28. The molecule has 1 aliphatic rings. The van der Waals surface area contributed by atoms with Crippen molar-refractivity contribution in [3.05, 3.63) is 28.2 Å². The van der Waals surface area contributed by atoms with Crippen LogP contribution in [0.4, 0.5) is 0 Å². The fourth-order valence-corrected chi connectivity index (χ4v) is 4.11. The Bertz CT molecular complexity index is 675. The van der Waals surface area contributed by atoms with E-state index in [-0.39, 0.29) is 16.6 Å². The van der Waals surface area contributed by atoms with E-state index in [1.165, 1.54) is 12.1 Å². The van der Waals surface area contributed by atoms with Gasteiger partial charge in [-0.15, -0.1) is 0 Å². The minimum absolute atomic E-state index is 0.0802. The number of rotatable bonds is 4. The van der Waals surface area contributed by atoms with E-state index >= 15 is 0 Å². The van der Waals surface area contributed by atoms with Gasteiger partial charge < -0.3 is 9.84 Å². The van der Waals surface area contributed by atoms with Crippen molar-refractivity contribution in [2.45, 2.75) is 36.8 Å². The lowest BCUT2D eigenvalue weighted by Crippen LogP contribution is -2.50. The lowest BCUT2D eigenvalue weighted by molar-refractivity contribution is 0.0695. The fraction of sp³-hybridized carbons (Fsp3) is 0.462. The van der Waals surface area contributed by atoms with Crippen LogP contribution >= 0.6 is 15.9 Å². The lowest BCUT2D eigenvalue weighted by atomic mass is 9.97. The highest BCUT2D eigenvalue weighted by atomic mass is 79.9. The second-order valence-electron chi connectivity index (χ2n) is 5.23. The van der Waals surface area contributed by atoms with Gasteiger partial charge in [-0.3, -0.25) is 0 Å². The molecule has 2 unspecified atom stereocenters. The summed E-state index contributed by atoms with van der Waals surface area (Å²) >= 11 is 3.09. The summed E-state index contributed by atoms with van der Waals surface area (Å²) < 4.78 is 33.3. The normalized spacial score (nSPS) is 26.0. The predicted molar refractivity (Wildman–Crippen MR) is 79.9 cm³/mol. The molecule has 0 spiro atoms. The second-order valence-corrected chi connectivity index (χ2v) is 7.77. The molecule has 1 heterocycles. The Morgan fingerprint density at radius 1 is 1.52 bits per heavy atom. The van der Waals surface area contributed by atoms with Crippen molar-refractivity contribution in [2.75, 3.05) is 6.61 Å². The molecule has 6 nitrogen and oxygen atoms in total. The zero-order chi connectivity index (χ0) is 15.8. The van der Waals surface area contributed by atoms with Crippen LogP contribution in [0.15, 0.2) is 27.6 Å². The Balaban J connectivity index is 2.36. The zero-order valence-corrected chi connectivity index (χ0v) is 14.0. The van der Waals surface area contributed by atoms with Crippen molar-refractivity contribution in [2.24, 2.45) is 0 Å². The quantitative estimate of drug-likeness (QED) is 0.836. The maximum absolute atomic E-state index is 12.5. The highest BCUT2D eigenvalue weighted by Crippen LogP contribution is 2.28. The van der Waals surface area contributed by atoms with Crippen LogP contribution in [0.25, 0.3) is 0 Å². The number of nitrogens with one attached hydrogen (secondary N) is 1. The summed E-state index contributed by atoms with van der Waals surface area (Å²) in [5, 5.41) is 9.07. The van der Waals surface area contributed by atoms with E-state index in [9.17, 15) is 13.2 Å². The number of aromatic carboxylic acids is 1. The fourth-order valence-electron chi connectivity index (χ4n) is 2.17. The molecule has 2 N–H and O–H groups in total. The minimum atomic E-state index is -3.82. The number of sulfonamides is 1. The molecule has 0 saturated carbocycles. The summed E-state index contributed by atoms with van der Waals surface area (Å²) in [6, 6.07) is 3.91. The van der Waals surface area contributed by atoms with Crippen LogP contribution in [-0.4, -0.2) is 37.7 Å². The Hall–Kier alpha value is -0.960. The molecule has 1 aliphatic heterocycles. The number of carbonyl (C=O) groups is 1. The van der Waals surface area contributed by atoms with Crippen molar-refractivity contribution < 1.29 is 23.1 Å². The summed E-state index contributed by atoms with van der Waals surface area (Å²) in [5.41, 5.74) is -0.797. The highest BCUT2D eigenvalue weighted by Gasteiger charge is 2.40. The number of carboxylic acid groups (broad SMARTS) is 1. The first-order valence-electron chi connectivity index (χ1n) is 6.34. The predicted octanol–water partition coefficient (Wildman–Crippen LogP) is 1.99. The zero-order valence-electron chi connectivity index (χ0n) is 11.6. The number of benzene rings is 1. The van der Waals surface area contributed by atoms with Crippen LogP contribution in [0.1, 0.15) is 30.6 Å². The SMILES string of the molecule is CC1OCCC1(C)NS(=O)(=O)c1ccc(Br)c(C(=O)O)c1. The topological polar surface area (TPSA) is 92.7 Å². The van der Waals surface area contributed by atoms with E-state index in [1.807, 2.05) is 0 Å². The summed E-state index contributed by atoms with van der Waals surface area (Å²) in [6.45, 7) is 4.07. The third-order valence-electron chi connectivity index (χ3n) is 3.73. The Morgan fingerprint density at radius 2 is 2.19 bits per heavy atom. The van der Waals surface area contributed by atoms with Crippen LogP contribution in [0.5, 0.6) is 0 Å². The molecule has 8 heteroatoms. The van der Waals surface area contributed by atoms with Crippen LogP contribution < -0.4 is 4.72 Å². The summed E-state index contributed by atoms with van der Waals surface area (Å²) in [7, 11) is -3.82. The Morgan fingerprint density at radius 3 is 2.71 bits per heavy atom. The standard InChI is InChI=1S/C13H16BrNO5S/c1-8-13(2,5-6-20-8)15-21(18,19)9-3-4-11(14)10(7-9)12(16)17/h3-4,7-8,15H,5-6H2,1-2H3,(H,16,17). The van der Waals surface area contributed by atoms with Gasteiger partial charge in [0.05, 0.1) is 22.1 Å². The van der Waals surface area contributed by atoms with Gasteiger partial charge in [-0.05, 0) is 54.4 Å². The third-order valence-corrected chi connectivity index (χ3v) is 6.03. The van der Waals surface area contributed by atoms with Gasteiger partial charge in [0.2, 0.25) is 10.0 Å². The number of carboxylic acids is 1. The molecule has 2 atom stereocenters. The molecule has 1 fully saturated rings. The van der Waals surface area contributed by atoms with Gasteiger partial charge >= 0.3 is 5.97 Å². The van der Waals surface area contributed by atoms with E-state index in [0.29, 0.717) is 17.5 Å². The van der Waals surface area contributed by atoms with Crippen molar-refractivity contribution in [3.8, 4) is 0 Å². The van der Waals surface area contributed by atoms with E-state index in [0.717, 1.165) is 6.07 Å². The highest BCUT2D eigenvalue weighted by molar-refractivity contribution is 9.10. The average Bonchev–Trinajstić information content (AvgIpc) is 2.68. The number of ether oxygens (including phenoxy) is 1. The van der Waals surface area contributed by atoms with Gasteiger partial charge in [-0.25, -0.2) is 17.9 Å². The first-order chi connectivity index (χ1) is 9.66. The molecule has 116 valence electrons. The van der Waals surface area contributed by atoms with Gasteiger partial charge in [0.25, 0.3) is 0 Å². The first kappa shape index (κ1) is 16.4. The van der Waals surface area contributed by atoms with Crippen molar-refractivity contribution in [1.29, 1.82) is 0 Å². The molecule has 1 aromatic carbocycles. The van der Waals surface area contributed by atoms with E-state index in [4.69, 9.17) is 9.84 Å². The smallest absolute Gasteiger partial charge is 0.336 e. The molecule has 0 amide bonds. The summed E-state index contributed by atoms with van der Waals surface area (Å²) in [6.07, 6.45) is 0.317. The molecular weight excluding hydrogens is 362 g/mol. The van der Waals surface area contributed by atoms with E-state index < -0.39 is 21.5 Å². The van der Waals surface area contributed by atoms with Crippen LogP contribution in [-0.2, 0) is 14.8 Å². The van der Waals surface area contributed by atoms with Crippen molar-refractivity contribution in [1.82, 2.24) is 4.72 Å². The van der Waals surface area contributed by atoms with E-state index in [1.54, 1.807) is 13.8 Å². The largest absolute Gasteiger partial charge is 0.478 e.